The van der Waals surface area contributed by atoms with E-state index >= 15 is 0 Å². The highest BCUT2D eigenvalue weighted by molar-refractivity contribution is 5.74. The fraction of sp³-hybridized carbons (Fsp3) is 0.800. The van der Waals surface area contributed by atoms with Crippen LogP contribution in [0.3, 0.4) is 0 Å². The number of likely N-dealkylation sites (tertiary alicyclic amines) is 1. The SMILES string of the molecule is CCCC1(C(=O)O)CCN(C2C=CCCC2)CC1. The van der Waals surface area contributed by atoms with E-state index in [1.807, 2.05) is 0 Å². The van der Waals surface area contributed by atoms with Crippen molar-refractivity contribution in [2.45, 2.75) is 57.9 Å². The Morgan fingerprint density at radius 3 is 2.67 bits per heavy atom. The fourth-order valence-electron chi connectivity index (χ4n) is 3.43. The van der Waals surface area contributed by atoms with Gasteiger partial charge in [-0.1, -0.05) is 25.5 Å². The van der Waals surface area contributed by atoms with Crippen LogP contribution in [0.25, 0.3) is 0 Å². The van der Waals surface area contributed by atoms with Crippen LogP contribution in [-0.4, -0.2) is 35.1 Å². The number of hydrogen-bond acceptors (Lipinski definition) is 2. The summed E-state index contributed by atoms with van der Waals surface area (Å²) in [6.45, 7) is 3.98. The molecule has 102 valence electrons. The molecule has 18 heavy (non-hydrogen) atoms. The van der Waals surface area contributed by atoms with Gasteiger partial charge in [0.25, 0.3) is 0 Å². The molecule has 1 atom stereocenters. The van der Waals surface area contributed by atoms with Crippen molar-refractivity contribution in [3.05, 3.63) is 12.2 Å². The molecular formula is C15H25NO2. The lowest BCUT2D eigenvalue weighted by Crippen LogP contribution is -2.47. The van der Waals surface area contributed by atoms with Crippen molar-refractivity contribution >= 4 is 5.97 Å². The Balaban J connectivity index is 1.95. The van der Waals surface area contributed by atoms with E-state index in [-0.39, 0.29) is 0 Å². The first kappa shape index (κ1) is 13.6. The van der Waals surface area contributed by atoms with Crippen LogP contribution in [0.1, 0.15) is 51.9 Å². The maximum Gasteiger partial charge on any atom is 0.309 e. The Kier molecular flexibility index (Phi) is 4.44. The minimum atomic E-state index is -0.580. The van der Waals surface area contributed by atoms with E-state index < -0.39 is 11.4 Å². The van der Waals surface area contributed by atoms with Gasteiger partial charge >= 0.3 is 5.97 Å². The van der Waals surface area contributed by atoms with Crippen molar-refractivity contribution in [2.75, 3.05) is 13.1 Å². The summed E-state index contributed by atoms with van der Waals surface area (Å²) < 4.78 is 0. The van der Waals surface area contributed by atoms with Crippen LogP contribution < -0.4 is 0 Å². The molecule has 1 heterocycles. The fourth-order valence-corrected chi connectivity index (χ4v) is 3.43. The largest absolute Gasteiger partial charge is 0.481 e. The summed E-state index contributed by atoms with van der Waals surface area (Å²) in [5.74, 6) is -0.580. The first-order valence-electron chi connectivity index (χ1n) is 7.32. The van der Waals surface area contributed by atoms with Gasteiger partial charge in [-0.2, -0.15) is 0 Å². The molecule has 0 aromatic heterocycles. The Morgan fingerprint density at radius 2 is 2.17 bits per heavy atom. The minimum Gasteiger partial charge on any atom is -0.481 e. The number of carboxylic acid groups (broad SMARTS) is 1. The number of carboxylic acids is 1. The second-order valence-corrected chi connectivity index (χ2v) is 5.80. The third kappa shape index (κ3) is 2.77. The zero-order chi connectivity index (χ0) is 13.0. The monoisotopic (exact) mass is 251 g/mol. The highest BCUT2D eigenvalue weighted by Gasteiger charge is 2.41. The molecular weight excluding hydrogens is 226 g/mol. The van der Waals surface area contributed by atoms with Crippen LogP contribution in [-0.2, 0) is 4.79 Å². The zero-order valence-corrected chi connectivity index (χ0v) is 11.4. The normalized spacial score (nSPS) is 28.2. The van der Waals surface area contributed by atoms with E-state index in [4.69, 9.17) is 0 Å². The van der Waals surface area contributed by atoms with E-state index in [0.717, 1.165) is 38.8 Å². The molecule has 0 amide bonds. The van der Waals surface area contributed by atoms with Gasteiger partial charge in [-0.05, 0) is 51.6 Å². The van der Waals surface area contributed by atoms with Gasteiger partial charge in [0.1, 0.15) is 0 Å². The van der Waals surface area contributed by atoms with Gasteiger partial charge in [0.2, 0.25) is 0 Å². The van der Waals surface area contributed by atoms with Crippen LogP contribution in [0.4, 0.5) is 0 Å². The lowest BCUT2D eigenvalue weighted by Gasteiger charge is -2.42. The number of hydrogen-bond donors (Lipinski definition) is 1. The van der Waals surface area contributed by atoms with E-state index in [9.17, 15) is 9.90 Å². The summed E-state index contributed by atoms with van der Waals surface area (Å²) in [6.07, 6.45) is 11.8. The highest BCUT2D eigenvalue weighted by Crippen LogP contribution is 2.37. The molecule has 2 aliphatic rings. The molecule has 1 aliphatic heterocycles. The maximum absolute atomic E-state index is 11.5. The summed E-state index contributed by atoms with van der Waals surface area (Å²) in [4.78, 5) is 14.0. The van der Waals surface area contributed by atoms with Gasteiger partial charge in [-0.3, -0.25) is 9.69 Å². The van der Waals surface area contributed by atoms with Crippen molar-refractivity contribution in [3.63, 3.8) is 0 Å². The number of carbonyl (C=O) groups is 1. The number of nitrogens with zero attached hydrogens (tertiary/aromatic N) is 1. The smallest absolute Gasteiger partial charge is 0.309 e. The Bertz CT molecular complexity index is 316. The lowest BCUT2D eigenvalue weighted by atomic mass is 9.74. The number of allylic oxidation sites excluding steroid dienone is 1. The number of rotatable bonds is 4. The molecule has 1 N–H and O–H groups in total. The maximum atomic E-state index is 11.5. The molecule has 1 saturated heterocycles. The average Bonchev–Trinajstić information content (AvgIpc) is 2.41. The molecule has 0 saturated carbocycles. The van der Waals surface area contributed by atoms with Crippen molar-refractivity contribution in [1.29, 1.82) is 0 Å². The predicted molar refractivity (Wildman–Crippen MR) is 72.6 cm³/mol. The first-order valence-corrected chi connectivity index (χ1v) is 7.32. The van der Waals surface area contributed by atoms with Crippen molar-refractivity contribution in [1.82, 2.24) is 4.90 Å². The minimum absolute atomic E-state index is 0.441. The highest BCUT2D eigenvalue weighted by atomic mass is 16.4. The molecule has 1 aliphatic carbocycles. The van der Waals surface area contributed by atoms with Gasteiger partial charge in [-0.15, -0.1) is 0 Å². The predicted octanol–water partition coefficient (Wildman–Crippen LogP) is 3.06. The third-order valence-electron chi connectivity index (χ3n) is 4.64. The van der Waals surface area contributed by atoms with Crippen LogP contribution in [0, 0.1) is 5.41 Å². The average molecular weight is 251 g/mol. The van der Waals surface area contributed by atoms with E-state index in [1.165, 1.54) is 19.3 Å². The van der Waals surface area contributed by atoms with E-state index in [0.29, 0.717) is 6.04 Å². The molecule has 0 aromatic carbocycles. The van der Waals surface area contributed by atoms with Gasteiger partial charge in [0.15, 0.2) is 0 Å². The van der Waals surface area contributed by atoms with Crippen molar-refractivity contribution in [2.24, 2.45) is 5.41 Å². The molecule has 3 nitrogen and oxygen atoms in total. The van der Waals surface area contributed by atoms with Crippen LogP contribution in [0.2, 0.25) is 0 Å². The molecule has 1 fully saturated rings. The van der Waals surface area contributed by atoms with E-state index in [2.05, 4.69) is 24.0 Å². The molecule has 3 heteroatoms. The van der Waals surface area contributed by atoms with Crippen LogP contribution in [0.5, 0.6) is 0 Å². The molecule has 0 spiro atoms. The summed E-state index contributed by atoms with van der Waals surface area (Å²) in [7, 11) is 0. The Morgan fingerprint density at radius 1 is 1.44 bits per heavy atom. The number of piperidine rings is 1. The summed E-state index contributed by atoms with van der Waals surface area (Å²) >= 11 is 0. The summed E-state index contributed by atoms with van der Waals surface area (Å²) in [5.41, 5.74) is -0.441. The lowest BCUT2D eigenvalue weighted by molar-refractivity contribution is -0.153. The van der Waals surface area contributed by atoms with Gasteiger partial charge in [0, 0.05) is 6.04 Å². The van der Waals surface area contributed by atoms with Crippen molar-refractivity contribution < 1.29 is 9.90 Å². The zero-order valence-electron chi connectivity index (χ0n) is 11.4. The van der Waals surface area contributed by atoms with Crippen LogP contribution >= 0.6 is 0 Å². The topological polar surface area (TPSA) is 40.5 Å². The summed E-state index contributed by atoms with van der Waals surface area (Å²) in [5, 5.41) is 9.48. The molecule has 0 aromatic rings. The van der Waals surface area contributed by atoms with Gasteiger partial charge in [0.05, 0.1) is 5.41 Å². The van der Waals surface area contributed by atoms with Gasteiger partial charge in [-0.25, -0.2) is 0 Å². The molecule has 0 radical (unpaired) electrons. The standard InChI is InChI=1S/C15H25NO2/c1-2-8-15(14(17)18)9-11-16(12-10-15)13-6-4-3-5-7-13/h4,6,13H,2-3,5,7-12H2,1H3,(H,17,18). The molecule has 0 bridgehead atoms. The summed E-state index contributed by atoms with van der Waals surface area (Å²) in [6, 6.07) is 0.562. The number of aliphatic carboxylic acids is 1. The Labute approximate surface area is 110 Å². The van der Waals surface area contributed by atoms with Crippen molar-refractivity contribution in [3.8, 4) is 0 Å². The second kappa shape index (κ2) is 5.87. The van der Waals surface area contributed by atoms with E-state index in [1.54, 1.807) is 0 Å². The molecule has 2 rings (SSSR count). The Hall–Kier alpha value is -0.830. The second-order valence-electron chi connectivity index (χ2n) is 5.80. The van der Waals surface area contributed by atoms with Gasteiger partial charge < -0.3 is 5.11 Å². The molecule has 1 unspecified atom stereocenters. The first-order chi connectivity index (χ1) is 8.68. The third-order valence-corrected chi connectivity index (χ3v) is 4.64. The van der Waals surface area contributed by atoms with Crippen LogP contribution in [0.15, 0.2) is 12.2 Å². The quantitative estimate of drug-likeness (QED) is 0.781.